The van der Waals surface area contributed by atoms with Crippen LogP contribution in [-0.4, -0.2) is 38.8 Å². The van der Waals surface area contributed by atoms with Crippen LogP contribution in [0.1, 0.15) is 67.6 Å². The van der Waals surface area contributed by atoms with Crippen molar-refractivity contribution in [2.45, 2.75) is 57.3 Å². The smallest absolute Gasteiger partial charge is 0.119 e. The molecule has 1 fully saturated rings. The summed E-state index contributed by atoms with van der Waals surface area (Å²) in [6.07, 6.45) is 7.68. The molecule has 0 amide bonds. The van der Waals surface area contributed by atoms with E-state index in [-0.39, 0.29) is 0 Å². The summed E-state index contributed by atoms with van der Waals surface area (Å²) in [6.45, 7) is 5.97. The van der Waals surface area contributed by atoms with Crippen LogP contribution in [0.4, 0.5) is 0 Å². The number of unbranched alkanes of at least 4 members (excludes halogenated alkanes) is 1. The van der Waals surface area contributed by atoms with E-state index in [4.69, 9.17) is 9.47 Å². The number of fused-ring (bicyclic) bond motifs is 1. The highest BCUT2D eigenvalue weighted by molar-refractivity contribution is 5.44. The molecule has 0 radical (unpaired) electrons. The van der Waals surface area contributed by atoms with Crippen molar-refractivity contribution in [3.05, 3.63) is 59.2 Å². The maximum absolute atomic E-state index is 5.58. The second-order valence-corrected chi connectivity index (χ2v) is 9.08. The quantitative estimate of drug-likeness (QED) is 0.533. The Labute approximate surface area is 182 Å². The topological polar surface area (TPSA) is 21.7 Å². The van der Waals surface area contributed by atoms with Crippen molar-refractivity contribution in [1.82, 2.24) is 4.90 Å². The van der Waals surface area contributed by atoms with Gasteiger partial charge in [0.05, 0.1) is 14.2 Å². The summed E-state index contributed by atoms with van der Waals surface area (Å²) in [5.41, 5.74) is 4.52. The Balaban J connectivity index is 1.74. The summed E-state index contributed by atoms with van der Waals surface area (Å²) in [7, 11) is 3.53. The zero-order chi connectivity index (χ0) is 20.9. The highest BCUT2D eigenvalue weighted by atomic mass is 16.5. The molecule has 0 spiro atoms. The van der Waals surface area contributed by atoms with Crippen LogP contribution in [0.5, 0.6) is 11.5 Å². The fourth-order valence-corrected chi connectivity index (χ4v) is 5.71. The summed E-state index contributed by atoms with van der Waals surface area (Å²) in [5, 5.41) is 0. The average molecular weight is 408 g/mol. The molecule has 1 aliphatic heterocycles. The number of hydrogen-bond donors (Lipinski definition) is 0. The fraction of sp³-hybridized carbons (Fsp3) is 0.556. The van der Waals surface area contributed by atoms with Gasteiger partial charge >= 0.3 is 0 Å². The Kier molecular flexibility index (Phi) is 6.99. The minimum atomic E-state index is 0.535. The summed E-state index contributed by atoms with van der Waals surface area (Å²) in [5.74, 6) is 3.70. The standard InChI is InChI=1S/C27H37NO2/c1-4-5-8-21-17-22-18-24(30-3)13-14-25(22)26(19-28-15-6-7-16-28)27(21)20-9-11-23(29-2)12-10-20/h9-14,18,21,26-27H,4-8,15-17,19H2,1-3H3/t21-,26?,27-/m0/s1. The van der Waals surface area contributed by atoms with E-state index in [1.54, 1.807) is 14.2 Å². The van der Waals surface area contributed by atoms with E-state index in [1.165, 1.54) is 68.4 Å². The molecule has 3 nitrogen and oxygen atoms in total. The van der Waals surface area contributed by atoms with Crippen molar-refractivity contribution < 1.29 is 9.47 Å². The number of nitrogens with zero attached hydrogens (tertiary/aromatic N) is 1. The molecule has 30 heavy (non-hydrogen) atoms. The first-order valence-corrected chi connectivity index (χ1v) is 11.8. The summed E-state index contributed by atoms with van der Waals surface area (Å²) < 4.78 is 11.0. The minimum absolute atomic E-state index is 0.535. The lowest BCUT2D eigenvalue weighted by Crippen LogP contribution is -2.35. The number of methoxy groups -OCH3 is 2. The molecule has 2 aromatic carbocycles. The van der Waals surface area contributed by atoms with E-state index in [0.717, 1.165) is 17.9 Å². The zero-order valence-corrected chi connectivity index (χ0v) is 18.9. The van der Waals surface area contributed by atoms with E-state index < -0.39 is 0 Å². The molecule has 1 aliphatic carbocycles. The maximum Gasteiger partial charge on any atom is 0.119 e. The van der Waals surface area contributed by atoms with E-state index in [9.17, 15) is 0 Å². The highest BCUT2D eigenvalue weighted by Crippen LogP contribution is 2.49. The van der Waals surface area contributed by atoms with Crippen molar-refractivity contribution in [2.75, 3.05) is 33.9 Å². The molecule has 3 atom stereocenters. The van der Waals surface area contributed by atoms with Gasteiger partial charge in [0, 0.05) is 12.5 Å². The molecule has 162 valence electrons. The first-order chi connectivity index (χ1) is 14.7. The molecule has 0 N–H and O–H groups in total. The number of likely N-dealkylation sites (tertiary alicyclic amines) is 1. The molecule has 0 saturated carbocycles. The van der Waals surface area contributed by atoms with Crippen molar-refractivity contribution in [1.29, 1.82) is 0 Å². The summed E-state index contributed by atoms with van der Waals surface area (Å²) >= 11 is 0. The van der Waals surface area contributed by atoms with Gasteiger partial charge in [-0.3, -0.25) is 0 Å². The third-order valence-corrected chi connectivity index (χ3v) is 7.26. The second-order valence-electron chi connectivity index (χ2n) is 9.08. The summed E-state index contributed by atoms with van der Waals surface area (Å²) in [6, 6.07) is 15.7. The van der Waals surface area contributed by atoms with Crippen molar-refractivity contribution in [2.24, 2.45) is 5.92 Å². The van der Waals surface area contributed by atoms with Crippen LogP contribution >= 0.6 is 0 Å². The third kappa shape index (κ3) is 4.51. The highest BCUT2D eigenvalue weighted by Gasteiger charge is 2.38. The van der Waals surface area contributed by atoms with Crippen LogP contribution in [0.2, 0.25) is 0 Å². The van der Waals surface area contributed by atoms with E-state index in [0.29, 0.717) is 17.8 Å². The normalized spacial score (nSPS) is 23.9. The van der Waals surface area contributed by atoms with Gasteiger partial charge in [-0.15, -0.1) is 0 Å². The Morgan fingerprint density at radius 2 is 1.63 bits per heavy atom. The first-order valence-electron chi connectivity index (χ1n) is 11.8. The van der Waals surface area contributed by atoms with Gasteiger partial charge in [0.2, 0.25) is 0 Å². The van der Waals surface area contributed by atoms with Crippen molar-refractivity contribution >= 4 is 0 Å². The Bertz CT molecular complexity index is 810. The molecule has 2 aliphatic rings. The Morgan fingerprint density at radius 1 is 0.933 bits per heavy atom. The molecule has 0 aromatic heterocycles. The Hall–Kier alpha value is -2.00. The zero-order valence-electron chi connectivity index (χ0n) is 18.9. The second kappa shape index (κ2) is 9.87. The molecule has 1 saturated heterocycles. The van der Waals surface area contributed by atoms with Gasteiger partial charge in [-0.05, 0) is 91.6 Å². The number of ether oxygens (including phenoxy) is 2. The molecule has 1 unspecified atom stereocenters. The molecule has 4 rings (SSSR count). The van der Waals surface area contributed by atoms with E-state index in [1.807, 2.05) is 0 Å². The molecular weight excluding hydrogens is 370 g/mol. The van der Waals surface area contributed by atoms with Gasteiger partial charge in [-0.25, -0.2) is 0 Å². The average Bonchev–Trinajstić information content (AvgIpc) is 3.30. The SMILES string of the molecule is CCCC[C@H]1Cc2cc(OC)ccc2C(CN2CCCC2)[C@H]1c1ccc(OC)cc1. The van der Waals surface area contributed by atoms with Gasteiger partial charge < -0.3 is 14.4 Å². The van der Waals surface area contributed by atoms with Crippen LogP contribution in [0.3, 0.4) is 0 Å². The predicted octanol–water partition coefficient (Wildman–Crippen LogP) is 6.03. The fourth-order valence-electron chi connectivity index (χ4n) is 5.71. The number of rotatable bonds is 8. The summed E-state index contributed by atoms with van der Waals surface area (Å²) in [4.78, 5) is 2.69. The van der Waals surface area contributed by atoms with E-state index in [2.05, 4.69) is 54.3 Å². The van der Waals surface area contributed by atoms with Gasteiger partial charge in [0.1, 0.15) is 11.5 Å². The minimum Gasteiger partial charge on any atom is -0.497 e. The van der Waals surface area contributed by atoms with Crippen LogP contribution in [0.15, 0.2) is 42.5 Å². The number of benzene rings is 2. The lowest BCUT2D eigenvalue weighted by molar-refractivity contribution is 0.241. The lowest BCUT2D eigenvalue weighted by Gasteiger charge is -2.42. The van der Waals surface area contributed by atoms with Crippen LogP contribution in [0, 0.1) is 5.92 Å². The van der Waals surface area contributed by atoms with Gasteiger partial charge in [0.15, 0.2) is 0 Å². The van der Waals surface area contributed by atoms with Gasteiger partial charge in [-0.2, -0.15) is 0 Å². The van der Waals surface area contributed by atoms with Crippen LogP contribution in [-0.2, 0) is 6.42 Å². The van der Waals surface area contributed by atoms with E-state index >= 15 is 0 Å². The predicted molar refractivity (Wildman–Crippen MR) is 124 cm³/mol. The van der Waals surface area contributed by atoms with Crippen molar-refractivity contribution in [3.63, 3.8) is 0 Å². The van der Waals surface area contributed by atoms with Gasteiger partial charge in [0.25, 0.3) is 0 Å². The molecule has 1 heterocycles. The maximum atomic E-state index is 5.58. The molecule has 3 heteroatoms. The Morgan fingerprint density at radius 3 is 2.30 bits per heavy atom. The largest absolute Gasteiger partial charge is 0.497 e. The van der Waals surface area contributed by atoms with Crippen LogP contribution in [0.25, 0.3) is 0 Å². The molecular formula is C27H37NO2. The monoisotopic (exact) mass is 407 g/mol. The van der Waals surface area contributed by atoms with Crippen LogP contribution < -0.4 is 9.47 Å². The molecule has 2 aromatic rings. The number of hydrogen-bond acceptors (Lipinski definition) is 3. The lowest BCUT2D eigenvalue weighted by atomic mass is 9.64. The van der Waals surface area contributed by atoms with Gasteiger partial charge in [-0.1, -0.05) is 38.0 Å². The van der Waals surface area contributed by atoms with Crippen molar-refractivity contribution in [3.8, 4) is 11.5 Å². The third-order valence-electron chi connectivity index (χ3n) is 7.26. The first kappa shape index (κ1) is 21.2. The molecule has 0 bridgehead atoms.